The van der Waals surface area contributed by atoms with Gasteiger partial charge in [-0.05, 0) is 41.0 Å². The lowest BCUT2D eigenvalue weighted by atomic mass is 10.00. The Hall–Kier alpha value is -2.76. The zero-order valence-electron chi connectivity index (χ0n) is 10.6. The van der Waals surface area contributed by atoms with Crippen molar-refractivity contribution in [2.24, 2.45) is 0 Å². The third kappa shape index (κ3) is 1.82. The number of allylic oxidation sites excluding steroid dienone is 3. The van der Waals surface area contributed by atoms with Gasteiger partial charge >= 0.3 is 0 Å². The second-order valence-corrected chi connectivity index (χ2v) is 4.57. The molecule has 0 amide bonds. The molecular formula is C14H11N5O. The van der Waals surface area contributed by atoms with Crippen LogP contribution in [0.4, 0.5) is 0 Å². The average molecular weight is 265 g/mol. The van der Waals surface area contributed by atoms with Crippen molar-refractivity contribution in [2.75, 3.05) is 6.61 Å². The first kappa shape index (κ1) is 11.1. The lowest BCUT2D eigenvalue weighted by Crippen LogP contribution is -2.05. The Labute approximate surface area is 115 Å². The summed E-state index contributed by atoms with van der Waals surface area (Å²) < 4.78 is 5.31. The van der Waals surface area contributed by atoms with Gasteiger partial charge in [0.15, 0.2) is 0 Å². The summed E-state index contributed by atoms with van der Waals surface area (Å²) in [6.45, 7) is 0.620. The van der Waals surface area contributed by atoms with Gasteiger partial charge < -0.3 is 4.74 Å². The molecule has 98 valence electrons. The summed E-state index contributed by atoms with van der Waals surface area (Å²) in [5, 5.41) is 12.5. The Kier molecular flexibility index (Phi) is 2.45. The van der Waals surface area contributed by atoms with Crippen LogP contribution in [0.5, 0.6) is 0 Å². The lowest BCUT2D eigenvalue weighted by Gasteiger charge is -2.09. The number of aromatic nitrogens is 5. The van der Waals surface area contributed by atoms with Crippen molar-refractivity contribution in [1.82, 2.24) is 25.2 Å². The third-order valence-electron chi connectivity index (χ3n) is 3.27. The molecule has 6 nitrogen and oxygen atoms in total. The number of hydrogen-bond acceptors (Lipinski definition) is 5. The summed E-state index contributed by atoms with van der Waals surface area (Å²) >= 11 is 0. The summed E-state index contributed by atoms with van der Waals surface area (Å²) in [6, 6.07) is 5.62. The topological polar surface area (TPSA) is 65.7 Å². The Morgan fingerprint density at radius 1 is 1.20 bits per heavy atom. The molecular weight excluding hydrogens is 254 g/mol. The van der Waals surface area contributed by atoms with E-state index in [9.17, 15) is 0 Å². The molecule has 0 atom stereocenters. The SMILES string of the molecule is C1=C2CC=C(n3nnc(-c4ccccn4)n3)C=C2CO1. The molecule has 0 saturated heterocycles. The van der Waals surface area contributed by atoms with E-state index >= 15 is 0 Å². The van der Waals surface area contributed by atoms with Crippen LogP contribution in [0.15, 0.2) is 54.0 Å². The fraction of sp³-hybridized carbons (Fsp3) is 0.143. The fourth-order valence-electron chi connectivity index (χ4n) is 2.23. The van der Waals surface area contributed by atoms with E-state index in [1.165, 1.54) is 15.9 Å². The van der Waals surface area contributed by atoms with Crippen LogP contribution in [0, 0.1) is 0 Å². The summed E-state index contributed by atoms with van der Waals surface area (Å²) in [7, 11) is 0. The Morgan fingerprint density at radius 3 is 3.10 bits per heavy atom. The molecule has 1 aliphatic carbocycles. The molecule has 6 heteroatoms. The van der Waals surface area contributed by atoms with Crippen LogP contribution in [-0.4, -0.2) is 31.8 Å². The number of nitrogens with zero attached hydrogens (tertiary/aromatic N) is 5. The average Bonchev–Trinajstić information content (AvgIpc) is 3.16. The highest BCUT2D eigenvalue weighted by Crippen LogP contribution is 2.29. The smallest absolute Gasteiger partial charge is 0.223 e. The van der Waals surface area contributed by atoms with E-state index in [1.807, 2.05) is 30.5 Å². The molecule has 2 aliphatic rings. The molecule has 2 aromatic rings. The number of hydrogen-bond donors (Lipinski definition) is 0. The van der Waals surface area contributed by atoms with Crippen molar-refractivity contribution in [3.8, 4) is 11.5 Å². The minimum Gasteiger partial charge on any atom is -0.496 e. The zero-order valence-corrected chi connectivity index (χ0v) is 10.6. The van der Waals surface area contributed by atoms with Crippen LogP contribution < -0.4 is 0 Å². The van der Waals surface area contributed by atoms with Crippen molar-refractivity contribution < 1.29 is 4.74 Å². The van der Waals surface area contributed by atoms with E-state index in [2.05, 4.69) is 26.5 Å². The molecule has 20 heavy (non-hydrogen) atoms. The van der Waals surface area contributed by atoms with Crippen molar-refractivity contribution in [1.29, 1.82) is 0 Å². The number of pyridine rings is 1. The molecule has 0 unspecified atom stereocenters. The third-order valence-corrected chi connectivity index (χ3v) is 3.27. The Bertz CT molecular complexity index is 742. The second kappa shape index (κ2) is 4.41. The first-order valence-corrected chi connectivity index (χ1v) is 6.34. The molecule has 3 heterocycles. The lowest BCUT2D eigenvalue weighted by molar-refractivity contribution is 0.301. The number of fused-ring (bicyclic) bond motifs is 1. The van der Waals surface area contributed by atoms with Crippen LogP contribution in [-0.2, 0) is 4.74 Å². The first-order chi connectivity index (χ1) is 9.90. The zero-order chi connectivity index (χ0) is 13.4. The fourth-order valence-corrected chi connectivity index (χ4v) is 2.23. The molecule has 0 aromatic carbocycles. The summed E-state index contributed by atoms with van der Waals surface area (Å²) in [4.78, 5) is 5.75. The van der Waals surface area contributed by atoms with Gasteiger partial charge in [0.1, 0.15) is 12.3 Å². The molecule has 2 aromatic heterocycles. The van der Waals surface area contributed by atoms with E-state index in [-0.39, 0.29) is 0 Å². The molecule has 0 radical (unpaired) electrons. The molecule has 1 aliphatic heterocycles. The highest BCUT2D eigenvalue weighted by Gasteiger charge is 2.18. The van der Waals surface area contributed by atoms with E-state index in [1.54, 1.807) is 6.20 Å². The number of tetrazole rings is 1. The van der Waals surface area contributed by atoms with Crippen LogP contribution in [0.1, 0.15) is 6.42 Å². The van der Waals surface area contributed by atoms with Gasteiger partial charge in [-0.15, -0.1) is 15.0 Å². The monoisotopic (exact) mass is 265 g/mol. The van der Waals surface area contributed by atoms with Crippen LogP contribution in [0.2, 0.25) is 0 Å². The Balaban J connectivity index is 1.66. The van der Waals surface area contributed by atoms with Gasteiger partial charge in [0.25, 0.3) is 0 Å². The number of rotatable bonds is 2. The molecule has 0 spiro atoms. The molecule has 0 saturated carbocycles. The van der Waals surface area contributed by atoms with Crippen molar-refractivity contribution in [3.05, 3.63) is 54.0 Å². The maximum atomic E-state index is 5.31. The van der Waals surface area contributed by atoms with Crippen LogP contribution in [0.25, 0.3) is 17.2 Å². The van der Waals surface area contributed by atoms with E-state index < -0.39 is 0 Å². The van der Waals surface area contributed by atoms with Gasteiger partial charge in [-0.2, -0.15) is 0 Å². The summed E-state index contributed by atoms with van der Waals surface area (Å²) in [5.41, 5.74) is 4.03. The standard InChI is InChI=1S/C14H11N5O/c1-2-6-15-13(3-1)14-16-18-19(17-14)12-5-4-10-8-20-9-11(10)7-12/h1-3,5-8H,4,9H2. The van der Waals surface area contributed by atoms with Gasteiger partial charge in [0, 0.05) is 6.20 Å². The minimum absolute atomic E-state index is 0.522. The molecule has 0 bridgehead atoms. The van der Waals surface area contributed by atoms with Gasteiger partial charge in [-0.3, -0.25) is 4.98 Å². The van der Waals surface area contributed by atoms with Gasteiger partial charge in [-0.25, -0.2) is 0 Å². The van der Waals surface area contributed by atoms with Gasteiger partial charge in [0.2, 0.25) is 5.82 Å². The minimum atomic E-state index is 0.522. The second-order valence-electron chi connectivity index (χ2n) is 4.57. The number of ether oxygens (including phenoxy) is 1. The Morgan fingerprint density at radius 2 is 2.20 bits per heavy atom. The molecule has 0 N–H and O–H groups in total. The maximum Gasteiger partial charge on any atom is 0.223 e. The van der Waals surface area contributed by atoms with Crippen LogP contribution >= 0.6 is 0 Å². The first-order valence-electron chi connectivity index (χ1n) is 6.34. The maximum absolute atomic E-state index is 5.31. The van der Waals surface area contributed by atoms with Crippen molar-refractivity contribution in [2.45, 2.75) is 6.42 Å². The summed E-state index contributed by atoms with van der Waals surface area (Å²) in [6.07, 6.45) is 8.46. The largest absolute Gasteiger partial charge is 0.496 e. The highest BCUT2D eigenvalue weighted by atomic mass is 16.5. The van der Waals surface area contributed by atoms with E-state index in [0.29, 0.717) is 18.1 Å². The van der Waals surface area contributed by atoms with E-state index in [4.69, 9.17) is 4.74 Å². The molecule has 4 rings (SSSR count). The van der Waals surface area contributed by atoms with Gasteiger partial charge in [-0.1, -0.05) is 12.1 Å². The summed E-state index contributed by atoms with van der Waals surface area (Å²) in [5.74, 6) is 0.522. The van der Waals surface area contributed by atoms with Crippen LogP contribution in [0.3, 0.4) is 0 Å². The normalized spacial score (nSPS) is 16.9. The van der Waals surface area contributed by atoms with E-state index in [0.717, 1.165) is 12.1 Å². The highest BCUT2D eigenvalue weighted by molar-refractivity contribution is 5.64. The van der Waals surface area contributed by atoms with Gasteiger partial charge in [0.05, 0.1) is 12.0 Å². The predicted octanol–water partition coefficient (Wildman–Crippen LogP) is 1.82. The molecule has 0 fully saturated rings. The predicted molar refractivity (Wildman–Crippen MR) is 72.1 cm³/mol. The van der Waals surface area contributed by atoms with Crippen molar-refractivity contribution in [3.63, 3.8) is 0 Å². The van der Waals surface area contributed by atoms with Crippen molar-refractivity contribution >= 4 is 5.70 Å². The quantitative estimate of drug-likeness (QED) is 0.828.